The quantitative estimate of drug-likeness (QED) is 0.758. The molecule has 0 unspecified atom stereocenters. The van der Waals surface area contributed by atoms with E-state index in [-0.39, 0.29) is 23.3 Å². The molecule has 0 fully saturated rings. The van der Waals surface area contributed by atoms with Gasteiger partial charge in [0.15, 0.2) is 0 Å². The summed E-state index contributed by atoms with van der Waals surface area (Å²) in [4.78, 5) is 18.8. The van der Waals surface area contributed by atoms with Gasteiger partial charge in [0, 0.05) is 6.54 Å². The van der Waals surface area contributed by atoms with Crippen molar-refractivity contribution in [3.8, 4) is 0 Å². The molecule has 6 heteroatoms. The Hall–Kier alpha value is -1.20. The number of hydrogen-bond acceptors (Lipinski definition) is 4. The number of aromatic nitrogens is 2. The fraction of sp³-hybridized carbons (Fsp3) is 0.375. The van der Waals surface area contributed by atoms with Crippen molar-refractivity contribution in [3.05, 3.63) is 23.2 Å². The van der Waals surface area contributed by atoms with Crippen LogP contribution in [0.4, 0.5) is 0 Å². The summed E-state index contributed by atoms with van der Waals surface area (Å²) in [5.74, 6) is -0.380. The number of amides is 1. The van der Waals surface area contributed by atoms with Gasteiger partial charge in [-0.3, -0.25) is 4.79 Å². The summed E-state index contributed by atoms with van der Waals surface area (Å²) in [5.41, 5.74) is 0.176. The lowest BCUT2D eigenvalue weighted by atomic mass is 10.3. The third-order valence-electron chi connectivity index (χ3n) is 1.41. The van der Waals surface area contributed by atoms with E-state index < -0.39 is 6.10 Å². The fourth-order valence-electron chi connectivity index (χ4n) is 0.760. The zero-order chi connectivity index (χ0) is 10.6. The Morgan fingerprint density at radius 1 is 1.64 bits per heavy atom. The highest BCUT2D eigenvalue weighted by Crippen LogP contribution is 2.00. The van der Waals surface area contributed by atoms with Crippen LogP contribution in [0, 0.1) is 0 Å². The molecule has 0 saturated heterocycles. The lowest BCUT2D eigenvalue weighted by molar-refractivity contribution is 0.0918. The molecule has 1 aromatic heterocycles. The van der Waals surface area contributed by atoms with E-state index in [1.807, 2.05) is 0 Å². The van der Waals surface area contributed by atoms with Crippen molar-refractivity contribution in [2.45, 2.75) is 13.0 Å². The first kappa shape index (κ1) is 10.9. The smallest absolute Gasteiger partial charge is 0.271 e. The average molecular weight is 216 g/mol. The van der Waals surface area contributed by atoms with Crippen LogP contribution in [-0.4, -0.2) is 33.6 Å². The van der Waals surface area contributed by atoms with Crippen molar-refractivity contribution in [3.63, 3.8) is 0 Å². The van der Waals surface area contributed by atoms with Crippen LogP contribution in [0.2, 0.25) is 5.15 Å². The Bertz CT molecular complexity index is 313. The molecular formula is C8H10ClN3O2. The van der Waals surface area contributed by atoms with E-state index in [4.69, 9.17) is 16.7 Å². The molecule has 14 heavy (non-hydrogen) atoms. The van der Waals surface area contributed by atoms with Gasteiger partial charge in [0.05, 0.1) is 18.5 Å². The van der Waals surface area contributed by atoms with Crippen molar-refractivity contribution < 1.29 is 9.90 Å². The Balaban J connectivity index is 2.57. The van der Waals surface area contributed by atoms with Gasteiger partial charge in [-0.2, -0.15) is 0 Å². The summed E-state index contributed by atoms with van der Waals surface area (Å²) in [6, 6.07) is 0. The number of carbonyl (C=O) groups is 1. The number of rotatable bonds is 3. The summed E-state index contributed by atoms with van der Waals surface area (Å²) in [7, 11) is 0. The van der Waals surface area contributed by atoms with Gasteiger partial charge in [0.2, 0.25) is 0 Å². The Labute approximate surface area is 86.1 Å². The molecule has 1 aromatic rings. The van der Waals surface area contributed by atoms with Gasteiger partial charge < -0.3 is 10.4 Å². The predicted octanol–water partition coefficient (Wildman–Crippen LogP) is 0.241. The molecule has 5 nitrogen and oxygen atoms in total. The maximum Gasteiger partial charge on any atom is 0.271 e. The molecule has 1 heterocycles. The van der Waals surface area contributed by atoms with Gasteiger partial charge in [-0.15, -0.1) is 0 Å². The van der Waals surface area contributed by atoms with Gasteiger partial charge in [-0.05, 0) is 6.92 Å². The van der Waals surface area contributed by atoms with E-state index in [9.17, 15) is 4.79 Å². The van der Waals surface area contributed by atoms with E-state index in [0.717, 1.165) is 0 Å². The van der Waals surface area contributed by atoms with Gasteiger partial charge in [0.25, 0.3) is 5.91 Å². The summed E-state index contributed by atoms with van der Waals surface area (Å²) in [6.07, 6.45) is 1.98. The number of nitrogens with one attached hydrogen (secondary N) is 1. The highest BCUT2D eigenvalue weighted by Gasteiger charge is 2.07. The van der Waals surface area contributed by atoms with Crippen LogP contribution < -0.4 is 5.32 Å². The van der Waals surface area contributed by atoms with E-state index in [0.29, 0.717) is 0 Å². The van der Waals surface area contributed by atoms with Crippen molar-refractivity contribution >= 4 is 17.5 Å². The zero-order valence-electron chi connectivity index (χ0n) is 7.57. The first-order valence-corrected chi connectivity index (χ1v) is 4.41. The monoisotopic (exact) mass is 215 g/mol. The van der Waals surface area contributed by atoms with Crippen LogP contribution in [0.3, 0.4) is 0 Å². The molecule has 1 atom stereocenters. The SMILES string of the molecule is C[C@@H](O)CNC(=O)c1cnc(Cl)cn1. The van der Waals surface area contributed by atoms with E-state index in [1.54, 1.807) is 6.92 Å². The summed E-state index contributed by atoms with van der Waals surface area (Å²) >= 11 is 5.50. The molecule has 0 aliphatic heterocycles. The Morgan fingerprint density at radius 3 is 2.86 bits per heavy atom. The molecule has 0 spiro atoms. The molecule has 2 N–H and O–H groups in total. The summed E-state index contributed by atoms with van der Waals surface area (Å²) in [6.45, 7) is 1.76. The standard InChI is InChI=1S/C8H10ClN3O2/c1-5(13)2-12-8(14)6-3-11-7(9)4-10-6/h3-5,13H,2H2,1H3,(H,12,14)/t5-/m1/s1. The van der Waals surface area contributed by atoms with Crippen LogP contribution in [0.15, 0.2) is 12.4 Å². The zero-order valence-corrected chi connectivity index (χ0v) is 8.32. The first-order chi connectivity index (χ1) is 6.59. The van der Waals surface area contributed by atoms with E-state index in [2.05, 4.69) is 15.3 Å². The second-order valence-electron chi connectivity index (χ2n) is 2.78. The van der Waals surface area contributed by atoms with Gasteiger partial charge in [-0.1, -0.05) is 11.6 Å². The normalized spacial score (nSPS) is 12.2. The molecular weight excluding hydrogens is 206 g/mol. The highest BCUT2D eigenvalue weighted by molar-refractivity contribution is 6.29. The molecule has 0 aliphatic rings. The van der Waals surface area contributed by atoms with Gasteiger partial charge in [0.1, 0.15) is 10.8 Å². The minimum atomic E-state index is -0.584. The number of carbonyl (C=O) groups excluding carboxylic acids is 1. The number of nitrogens with zero attached hydrogens (tertiary/aromatic N) is 2. The first-order valence-electron chi connectivity index (χ1n) is 4.03. The predicted molar refractivity (Wildman–Crippen MR) is 51.1 cm³/mol. The maximum atomic E-state index is 11.3. The maximum absolute atomic E-state index is 11.3. The van der Waals surface area contributed by atoms with Crippen LogP contribution in [-0.2, 0) is 0 Å². The summed E-state index contributed by atoms with van der Waals surface area (Å²) < 4.78 is 0. The van der Waals surface area contributed by atoms with Crippen molar-refractivity contribution in [2.75, 3.05) is 6.54 Å². The van der Waals surface area contributed by atoms with Crippen molar-refractivity contribution in [1.82, 2.24) is 15.3 Å². The third-order valence-corrected chi connectivity index (χ3v) is 1.61. The minimum absolute atomic E-state index is 0.176. The highest BCUT2D eigenvalue weighted by atomic mass is 35.5. The molecule has 0 radical (unpaired) electrons. The third kappa shape index (κ3) is 3.27. The minimum Gasteiger partial charge on any atom is -0.392 e. The Morgan fingerprint density at radius 2 is 2.36 bits per heavy atom. The topological polar surface area (TPSA) is 75.1 Å². The average Bonchev–Trinajstić information content (AvgIpc) is 2.15. The molecule has 76 valence electrons. The fourth-order valence-corrected chi connectivity index (χ4v) is 0.858. The van der Waals surface area contributed by atoms with Gasteiger partial charge in [-0.25, -0.2) is 9.97 Å². The van der Waals surface area contributed by atoms with Crippen LogP contribution in [0.1, 0.15) is 17.4 Å². The lowest BCUT2D eigenvalue weighted by Gasteiger charge is -2.05. The largest absolute Gasteiger partial charge is 0.392 e. The number of aliphatic hydroxyl groups excluding tert-OH is 1. The van der Waals surface area contributed by atoms with Crippen LogP contribution >= 0.6 is 11.6 Å². The number of aliphatic hydroxyl groups is 1. The molecule has 0 bridgehead atoms. The van der Waals surface area contributed by atoms with Gasteiger partial charge >= 0.3 is 0 Å². The second-order valence-corrected chi connectivity index (χ2v) is 3.17. The van der Waals surface area contributed by atoms with Crippen molar-refractivity contribution in [1.29, 1.82) is 0 Å². The molecule has 0 aromatic carbocycles. The van der Waals surface area contributed by atoms with E-state index in [1.165, 1.54) is 12.4 Å². The molecule has 1 rings (SSSR count). The van der Waals surface area contributed by atoms with Crippen molar-refractivity contribution in [2.24, 2.45) is 0 Å². The molecule has 1 amide bonds. The van der Waals surface area contributed by atoms with Crippen LogP contribution in [0.25, 0.3) is 0 Å². The number of hydrogen-bond donors (Lipinski definition) is 2. The van der Waals surface area contributed by atoms with E-state index >= 15 is 0 Å². The van der Waals surface area contributed by atoms with Crippen LogP contribution in [0.5, 0.6) is 0 Å². The summed E-state index contributed by atoms with van der Waals surface area (Å²) in [5, 5.41) is 11.6. The lowest BCUT2D eigenvalue weighted by Crippen LogP contribution is -2.31. The molecule has 0 saturated carbocycles. The number of halogens is 1. The second kappa shape index (κ2) is 4.88. The molecule has 0 aliphatic carbocycles. The Kier molecular flexibility index (Phi) is 3.79.